The average Bonchev–Trinajstić information content (AvgIpc) is 2.55. The lowest BCUT2D eigenvalue weighted by Crippen LogP contribution is -2.39. The Hall–Kier alpha value is -1.58. The van der Waals surface area contributed by atoms with Crippen LogP contribution in [0, 0.1) is 12.3 Å². The summed E-state index contributed by atoms with van der Waals surface area (Å²) in [6.45, 7) is 8.06. The van der Waals surface area contributed by atoms with Crippen LogP contribution in [-0.4, -0.2) is 50.3 Å². The van der Waals surface area contributed by atoms with Crippen molar-refractivity contribution in [1.29, 1.82) is 0 Å². The average molecular weight is 354 g/mol. The topological polar surface area (TPSA) is 76.7 Å². The molecule has 25 heavy (non-hydrogen) atoms. The Bertz CT molecular complexity index is 405. The summed E-state index contributed by atoms with van der Waals surface area (Å²) in [7, 11) is 0. The van der Waals surface area contributed by atoms with E-state index in [4.69, 9.17) is 15.9 Å². The number of aldehydes is 1. The Morgan fingerprint density at radius 1 is 1.20 bits per heavy atom. The third-order valence-corrected chi connectivity index (χ3v) is 3.68. The predicted molar refractivity (Wildman–Crippen MR) is 99.4 cm³/mol. The summed E-state index contributed by atoms with van der Waals surface area (Å²) < 4.78 is 11.4. The van der Waals surface area contributed by atoms with Crippen molar-refractivity contribution < 1.29 is 19.1 Å². The zero-order valence-electron chi connectivity index (χ0n) is 15.9. The van der Waals surface area contributed by atoms with Crippen LogP contribution in [0.5, 0.6) is 0 Å². The number of terminal acetylenes is 1. The fraction of sp³-hybridized carbons (Fsp3) is 0.789. The van der Waals surface area contributed by atoms with Crippen LogP contribution in [0.2, 0.25) is 0 Å². The summed E-state index contributed by atoms with van der Waals surface area (Å²) in [6.07, 6.45) is 10.9. The first-order valence-electron chi connectivity index (χ1n) is 9.05. The lowest BCUT2D eigenvalue weighted by Gasteiger charge is -2.26. The molecule has 2 N–H and O–H groups in total. The number of carbonyl (C=O) groups is 2. The van der Waals surface area contributed by atoms with Crippen molar-refractivity contribution in [3.8, 4) is 12.3 Å². The number of hydrogen-bond donors (Lipinski definition) is 2. The number of hydrogen-bond acceptors (Lipinski definition) is 4. The first kappa shape index (κ1) is 23.4. The second kappa shape index (κ2) is 14.7. The molecule has 0 rings (SSSR count). The zero-order valence-corrected chi connectivity index (χ0v) is 15.9. The molecule has 0 aromatic heterocycles. The van der Waals surface area contributed by atoms with E-state index in [2.05, 4.69) is 16.6 Å². The van der Waals surface area contributed by atoms with Gasteiger partial charge in [0.05, 0.1) is 18.3 Å². The van der Waals surface area contributed by atoms with Gasteiger partial charge < -0.3 is 24.9 Å². The first-order chi connectivity index (χ1) is 11.9. The normalized spacial score (nSPS) is 12.2. The molecule has 0 aliphatic rings. The second-order valence-electron chi connectivity index (χ2n) is 6.65. The van der Waals surface area contributed by atoms with Gasteiger partial charge >= 0.3 is 6.03 Å². The minimum absolute atomic E-state index is 0.0598. The van der Waals surface area contributed by atoms with Gasteiger partial charge in [0.2, 0.25) is 0 Å². The quantitative estimate of drug-likeness (QED) is 0.269. The minimum atomic E-state index is -0.313. The van der Waals surface area contributed by atoms with Gasteiger partial charge in [-0.25, -0.2) is 4.79 Å². The minimum Gasteiger partial charge on any atom is -0.377 e. The largest absolute Gasteiger partial charge is 0.377 e. The molecule has 0 saturated carbocycles. The molecule has 0 aromatic carbocycles. The van der Waals surface area contributed by atoms with Crippen LogP contribution in [0.4, 0.5) is 4.79 Å². The van der Waals surface area contributed by atoms with Gasteiger partial charge in [-0.2, -0.15) is 0 Å². The molecule has 0 aromatic rings. The van der Waals surface area contributed by atoms with Crippen LogP contribution in [0.1, 0.15) is 59.3 Å². The van der Waals surface area contributed by atoms with Gasteiger partial charge in [0.15, 0.2) is 0 Å². The van der Waals surface area contributed by atoms with E-state index in [-0.39, 0.29) is 17.7 Å². The Balaban J connectivity index is 3.62. The summed E-state index contributed by atoms with van der Waals surface area (Å²) in [4.78, 5) is 21.8. The number of ether oxygens (including phenoxy) is 2. The number of unbranched alkanes of at least 4 members (excludes halogenated alkanes) is 3. The molecule has 0 fully saturated rings. The molecular formula is C19H34N2O4. The van der Waals surface area contributed by atoms with Crippen LogP contribution in [0.25, 0.3) is 0 Å². The summed E-state index contributed by atoms with van der Waals surface area (Å²) in [5.74, 6) is 2.58. The summed E-state index contributed by atoms with van der Waals surface area (Å²) in [5, 5.41) is 5.55. The molecule has 144 valence electrons. The van der Waals surface area contributed by atoms with E-state index >= 15 is 0 Å². The molecule has 6 heteroatoms. The highest BCUT2D eigenvalue weighted by Crippen LogP contribution is 2.14. The molecule has 0 saturated heterocycles. The molecule has 2 amide bonds. The van der Waals surface area contributed by atoms with Crippen LogP contribution in [0.15, 0.2) is 0 Å². The van der Waals surface area contributed by atoms with Gasteiger partial charge in [-0.1, -0.05) is 6.42 Å². The van der Waals surface area contributed by atoms with Gasteiger partial charge in [-0.05, 0) is 40.0 Å². The second-order valence-corrected chi connectivity index (χ2v) is 6.65. The van der Waals surface area contributed by atoms with Crippen molar-refractivity contribution in [3.05, 3.63) is 0 Å². The molecule has 6 nitrogen and oxygen atoms in total. The molecular weight excluding hydrogens is 320 g/mol. The molecule has 0 spiro atoms. The summed E-state index contributed by atoms with van der Waals surface area (Å²) >= 11 is 0. The molecule has 0 aliphatic heterocycles. The summed E-state index contributed by atoms with van der Waals surface area (Å²) in [6, 6.07) is -0.191. The number of amides is 2. The van der Waals surface area contributed by atoms with Crippen LogP contribution >= 0.6 is 0 Å². The third-order valence-electron chi connectivity index (χ3n) is 3.68. The number of nitrogens with one attached hydrogen (secondary N) is 2. The highest BCUT2D eigenvalue weighted by atomic mass is 16.5. The monoisotopic (exact) mass is 354 g/mol. The fourth-order valence-corrected chi connectivity index (χ4v) is 2.09. The van der Waals surface area contributed by atoms with Crippen molar-refractivity contribution in [2.45, 2.75) is 71.0 Å². The predicted octanol–water partition coefficient (Wildman–Crippen LogP) is 2.66. The van der Waals surface area contributed by atoms with Crippen LogP contribution < -0.4 is 10.6 Å². The summed E-state index contributed by atoms with van der Waals surface area (Å²) in [5.41, 5.74) is -0.313. The fourth-order valence-electron chi connectivity index (χ4n) is 2.09. The number of urea groups is 1. The first-order valence-corrected chi connectivity index (χ1v) is 9.05. The smallest absolute Gasteiger partial charge is 0.314 e. The SMILES string of the molecule is C#CCC(C)OCCC(C)(C)OCCNC(=O)NCCCCCC=O. The highest BCUT2D eigenvalue weighted by molar-refractivity contribution is 5.73. The van der Waals surface area contributed by atoms with Crippen molar-refractivity contribution in [1.82, 2.24) is 10.6 Å². The number of rotatable bonds is 15. The molecule has 0 aliphatic carbocycles. The van der Waals surface area contributed by atoms with E-state index in [1.165, 1.54) is 0 Å². The van der Waals surface area contributed by atoms with Crippen molar-refractivity contribution in [2.75, 3.05) is 26.3 Å². The van der Waals surface area contributed by atoms with Crippen LogP contribution in [0.3, 0.4) is 0 Å². The molecule has 0 bridgehead atoms. The maximum atomic E-state index is 11.6. The maximum absolute atomic E-state index is 11.6. The van der Waals surface area contributed by atoms with E-state index in [0.29, 0.717) is 39.1 Å². The Kier molecular flexibility index (Phi) is 13.8. The van der Waals surface area contributed by atoms with E-state index < -0.39 is 0 Å². The molecule has 1 unspecified atom stereocenters. The highest BCUT2D eigenvalue weighted by Gasteiger charge is 2.18. The van der Waals surface area contributed by atoms with Gasteiger partial charge in [0, 0.05) is 32.5 Å². The molecule has 0 heterocycles. The van der Waals surface area contributed by atoms with E-state index in [1.54, 1.807) is 0 Å². The van der Waals surface area contributed by atoms with Crippen LogP contribution in [-0.2, 0) is 14.3 Å². The van der Waals surface area contributed by atoms with Gasteiger partial charge in [-0.3, -0.25) is 0 Å². The van der Waals surface area contributed by atoms with Crippen molar-refractivity contribution >= 4 is 12.3 Å². The maximum Gasteiger partial charge on any atom is 0.314 e. The van der Waals surface area contributed by atoms with Gasteiger partial charge in [0.25, 0.3) is 0 Å². The van der Waals surface area contributed by atoms with Gasteiger partial charge in [0.1, 0.15) is 6.29 Å². The lowest BCUT2D eigenvalue weighted by molar-refractivity contribution is -0.107. The Morgan fingerprint density at radius 3 is 2.60 bits per heavy atom. The van der Waals surface area contributed by atoms with Gasteiger partial charge in [-0.15, -0.1) is 12.3 Å². The Labute approximate surface area is 152 Å². The Morgan fingerprint density at radius 2 is 1.92 bits per heavy atom. The van der Waals surface area contributed by atoms with E-state index in [0.717, 1.165) is 32.0 Å². The number of carbonyl (C=O) groups excluding carboxylic acids is 2. The zero-order chi connectivity index (χ0) is 19.0. The third kappa shape index (κ3) is 15.7. The van der Waals surface area contributed by atoms with Crippen molar-refractivity contribution in [2.24, 2.45) is 0 Å². The molecule has 0 radical (unpaired) electrons. The standard InChI is InChI=1S/C19H34N2O4/c1-5-10-17(2)24-15-11-19(3,4)25-16-13-21-18(23)20-12-8-6-7-9-14-22/h1,14,17H,6-13,15-16H2,2-4H3,(H2,20,21,23). The lowest BCUT2D eigenvalue weighted by atomic mass is 10.1. The van der Waals surface area contributed by atoms with E-state index in [9.17, 15) is 9.59 Å². The molecule has 1 atom stereocenters. The van der Waals surface area contributed by atoms with Crippen molar-refractivity contribution in [3.63, 3.8) is 0 Å². The van der Waals surface area contributed by atoms with E-state index in [1.807, 2.05) is 20.8 Å².